The van der Waals surface area contributed by atoms with E-state index in [1.807, 2.05) is 20.0 Å². The molecule has 0 bridgehead atoms. The number of aromatic nitrogens is 3. The molecule has 0 spiro atoms. The standard InChI is InChI=1S/C15H25N3.C11H14N2.C5H10O/c1-5-6-13-12(2)16-8-7-14(13)18-10-9-17-15(3,4)11-18;1-3-4-10-5-6-11-12-9(2)7-13(11)8-10;1-3-4-5(2)6/h7-8,17H,5-6,9-11H2,1-4H3;5-8H,3-4H2,1-2H3;3-4H2,1-2H3. The number of nitrogens with one attached hydrogen (secondary N) is 1. The number of fused-ring (bicyclic) bond motifs is 1. The molecule has 1 aliphatic heterocycles. The van der Waals surface area contributed by atoms with Crippen molar-refractivity contribution in [1.29, 1.82) is 0 Å². The van der Waals surface area contributed by atoms with Crippen LogP contribution in [-0.2, 0) is 17.6 Å². The summed E-state index contributed by atoms with van der Waals surface area (Å²) in [7, 11) is 0. The molecule has 37 heavy (non-hydrogen) atoms. The van der Waals surface area contributed by atoms with Gasteiger partial charge in [-0.05, 0) is 77.1 Å². The third-order valence-corrected chi connectivity index (χ3v) is 6.43. The van der Waals surface area contributed by atoms with E-state index >= 15 is 0 Å². The van der Waals surface area contributed by atoms with Crippen molar-refractivity contribution in [3.05, 3.63) is 59.3 Å². The Morgan fingerprint density at radius 1 is 1.03 bits per heavy atom. The minimum atomic E-state index is 0.193. The van der Waals surface area contributed by atoms with Gasteiger partial charge < -0.3 is 19.4 Å². The first kappa shape index (κ1) is 30.5. The summed E-state index contributed by atoms with van der Waals surface area (Å²) in [5.74, 6) is 0.289. The highest BCUT2D eigenvalue weighted by atomic mass is 16.1. The number of anilines is 1. The minimum Gasteiger partial charge on any atom is -0.368 e. The molecule has 4 heterocycles. The van der Waals surface area contributed by atoms with E-state index in [-0.39, 0.29) is 11.3 Å². The molecule has 204 valence electrons. The first-order valence-corrected chi connectivity index (χ1v) is 14.0. The number of Topliss-reactive ketones (excluding diaryl/α,β-unsaturated/α-hetero) is 1. The molecule has 3 aromatic rings. The van der Waals surface area contributed by atoms with Crippen LogP contribution in [0.2, 0.25) is 0 Å². The molecular formula is C31H49N5O. The Morgan fingerprint density at radius 3 is 2.35 bits per heavy atom. The summed E-state index contributed by atoms with van der Waals surface area (Å²) in [6.07, 6.45) is 12.5. The number of carbonyl (C=O) groups excluding carboxylic acids is 1. The van der Waals surface area contributed by atoms with Gasteiger partial charge in [-0.25, -0.2) is 4.98 Å². The van der Waals surface area contributed by atoms with E-state index in [9.17, 15) is 4.79 Å². The number of ketones is 1. The predicted molar refractivity (Wildman–Crippen MR) is 157 cm³/mol. The van der Waals surface area contributed by atoms with E-state index in [1.54, 1.807) is 6.92 Å². The monoisotopic (exact) mass is 507 g/mol. The smallest absolute Gasteiger partial charge is 0.136 e. The molecule has 1 fully saturated rings. The lowest BCUT2D eigenvalue weighted by Gasteiger charge is -2.41. The number of hydrogen-bond acceptors (Lipinski definition) is 5. The summed E-state index contributed by atoms with van der Waals surface area (Å²) >= 11 is 0. The molecule has 4 rings (SSSR count). The maximum atomic E-state index is 10.0. The Labute approximate surface area is 224 Å². The van der Waals surface area contributed by atoms with Gasteiger partial charge in [0.15, 0.2) is 0 Å². The maximum Gasteiger partial charge on any atom is 0.136 e. The second-order valence-corrected chi connectivity index (χ2v) is 10.8. The summed E-state index contributed by atoms with van der Waals surface area (Å²) in [6.45, 7) is 19.9. The molecule has 0 radical (unpaired) electrons. The van der Waals surface area contributed by atoms with Crippen molar-refractivity contribution in [3.63, 3.8) is 0 Å². The average molecular weight is 508 g/mol. The van der Waals surface area contributed by atoms with Crippen molar-refractivity contribution in [2.45, 2.75) is 99.5 Å². The second-order valence-electron chi connectivity index (χ2n) is 10.8. The normalized spacial score (nSPS) is 14.4. The Kier molecular flexibility index (Phi) is 12.3. The van der Waals surface area contributed by atoms with Crippen LogP contribution in [0, 0.1) is 13.8 Å². The summed E-state index contributed by atoms with van der Waals surface area (Å²) in [5.41, 5.74) is 7.69. The zero-order chi connectivity index (χ0) is 27.4. The van der Waals surface area contributed by atoms with Crippen molar-refractivity contribution in [3.8, 4) is 0 Å². The number of piperazine rings is 1. The molecule has 6 heteroatoms. The number of aryl methyl sites for hydroxylation is 3. The van der Waals surface area contributed by atoms with Crippen LogP contribution < -0.4 is 10.2 Å². The third-order valence-electron chi connectivity index (χ3n) is 6.43. The van der Waals surface area contributed by atoms with Gasteiger partial charge >= 0.3 is 0 Å². The van der Waals surface area contributed by atoms with Gasteiger partial charge in [-0.1, -0.05) is 39.7 Å². The SMILES string of the molecule is CCCC(C)=O.CCCc1c(N2CCNC(C)(C)C2)ccnc1C.CCCc1ccc2nc(C)cn2c1. The highest BCUT2D eigenvalue weighted by Crippen LogP contribution is 2.26. The summed E-state index contributed by atoms with van der Waals surface area (Å²) in [6, 6.07) is 6.42. The van der Waals surface area contributed by atoms with Gasteiger partial charge in [0.1, 0.15) is 11.4 Å². The van der Waals surface area contributed by atoms with E-state index in [2.05, 4.69) is 89.8 Å². The average Bonchev–Trinajstić information content (AvgIpc) is 3.20. The van der Waals surface area contributed by atoms with Crippen molar-refractivity contribution in [2.24, 2.45) is 0 Å². The van der Waals surface area contributed by atoms with Crippen molar-refractivity contribution in [2.75, 3.05) is 24.5 Å². The van der Waals surface area contributed by atoms with Crippen LogP contribution in [0.4, 0.5) is 5.69 Å². The predicted octanol–water partition coefficient (Wildman–Crippen LogP) is 6.50. The summed E-state index contributed by atoms with van der Waals surface area (Å²) in [4.78, 5) is 21.4. The molecule has 1 aliphatic rings. The Balaban J connectivity index is 0.000000221. The first-order chi connectivity index (χ1) is 17.6. The number of carbonyl (C=O) groups is 1. The van der Waals surface area contributed by atoms with Crippen LogP contribution >= 0.6 is 0 Å². The number of pyridine rings is 2. The molecule has 0 aromatic carbocycles. The molecule has 0 unspecified atom stereocenters. The zero-order valence-electron chi connectivity index (χ0n) is 24.5. The second kappa shape index (κ2) is 14.9. The van der Waals surface area contributed by atoms with Gasteiger partial charge in [0, 0.05) is 61.6 Å². The van der Waals surface area contributed by atoms with Gasteiger partial charge in [0.05, 0.1) is 5.69 Å². The number of rotatable bonds is 7. The molecule has 1 N–H and O–H groups in total. The Bertz CT molecular complexity index is 1120. The zero-order valence-corrected chi connectivity index (χ0v) is 24.5. The molecule has 6 nitrogen and oxygen atoms in total. The van der Waals surface area contributed by atoms with Gasteiger partial charge in [0.2, 0.25) is 0 Å². The number of nitrogens with zero attached hydrogens (tertiary/aromatic N) is 4. The topological polar surface area (TPSA) is 62.5 Å². The molecule has 3 aromatic heterocycles. The van der Waals surface area contributed by atoms with Crippen molar-refractivity contribution >= 4 is 17.1 Å². The van der Waals surface area contributed by atoms with Gasteiger partial charge in [-0.15, -0.1) is 0 Å². The largest absolute Gasteiger partial charge is 0.368 e. The number of imidazole rings is 1. The minimum absolute atomic E-state index is 0.193. The Hall–Kier alpha value is -2.73. The molecule has 0 aliphatic carbocycles. The highest BCUT2D eigenvalue weighted by molar-refractivity contribution is 5.75. The fourth-order valence-electron chi connectivity index (χ4n) is 4.74. The number of hydrogen-bond donors (Lipinski definition) is 1. The van der Waals surface area contributed by atoms with E-state index in [0.717, 1.165) is 56.7 Å². The summed E-state index contributed by atoms with van der Waals surface area (Å²) in [5, 5.41) is 3.57. The van der Waals surface area contributed by atoms with Crippen LogP contribution in [0.5, 0.6) is 0 Å². The van der Waals surface area contributed by atoms with Crippen molar-refractivity contribution in [1.82, 2.24) is 19.7 Å². The molecule has 0 saturated carbocycles. The maximum absolute atomic E-state index is 10.0. The van der Waals surface area contributed by atoms with Crippen LogP contribution in [0.3, 0.4) is 0 Å². The lowest BCUT2D eigenvalue weighted by Crippen LogP contribution is -2.57. The van der Waals surface area contributed by atoms with Crippen LogP contribution in [0.15, 0.2) is 36.8 Å². The van der Waals surface area contributed by atoms with E-state index in [1.165, 1.54) is 35.3 Å². The summed E-state index contributed by atoms with van der Waals surface area (Å²) < 4.78 is 2.10. The van der Waals surface area contributed by atoms with Crippen LogP contribution in [0.1, 0.15) is 89.7 Å². The quantitative estimate of drug-likeness (QED) is 0.395. The third kappa shape index (κ3) is 9.92. The lowest BCUT2D eigenvalue weighted by molar-refractivity contribution is -0.117. The van der Waals surface area contributed by atoms with Crippen molar-refractivity contribution < 1.29 is 4.79 Å². The van der Waals surface area contributed by atoms with E-state index < -0.39 is 0 Å². The van der Waals surface area contributed by atoms with E-state index in [4.69, 9.17) is 0 Å². The van der Waals surface area contributed by atoms with Crippen LogP contribution in [0.25, 0.3) is 5.65 Å². The van der Waals surface area contributed by atoms with E-state index in [0.29, 0.717) is 0 Å². The molecule has 1 saturated heterocycles. The molecule has 0 atom stereocenters. The van der Waals surface area contributed by atoms with Gasteiger partial charge in [0.25, 0.3) is 0 Å². The van der Waals surface area contributed by atoms with Gasteiger partial charge in [-0.2, -0.15) is 0 Å². The molecular weight excluding hydrogens is 458 g/mol. The lowest BCUT2D eigenvalue weighted by atomic mass is 9.99. The fourth-order valence-corrected chi connectivity index (χ4v) is 4.74. The van der Waals surface area contributed by atoms with Crippen LogP contribution in [-0.4, -0.2) is 45.3 Å². The highest BCUT2D eigenvalue weighted by Gasteiger charge is 2.27. The Morgan fingerprint density at radius 2 is 1.76 bits per heavy atom. The molecule has 0 amide bonds. The first-order valence-electron chi connectivity index (χ1n) is 14.0. The van der Waals surface area contributed by atoms with Gasteiger partial charge in [-0.3, -0.25) is 4.98 Å². The fraction of sp³-hybridized carbons (Fsp3) is 0.581.